The Balaban J connectivity index is 3.08. The molecular weight excluding hydrogens is 239 g/mol. The van der Waals surface area contributed by atoms with Crippen molar-refractivity contribution in [3.63, 3.8) is 0 Å². The molecule has 0 aromatic carbocycles. The highest BCUT2D eigenvalue weighted by Crippen LogP contribution is 2.29. The highest BCUT2D eigenvalue weighted by atomic mass is 19.4. The first-order valence-corrected chi connectivity index (χ1v) is 4.28. The molecule has 0 amide bonds. The fraction of sp³-hybridized carbons (Fsp3) is 0.222. The normalized spacial score (nSPS) is 10.7. The number of rotatable bonds is 3. The molecule has 2 N–H and O–H groups in total. The van der Waals surface area contributed by atoms with Crippen LogP contribution in [0.5, 0.6) is 0 Å². The fourth-order valence-electron chi connectivity index (χ4n) is 1.00. The van der Waals surface area contributed by atoms with Gasteiger partial charge in [-0.3, -0.25) is 4.79 Å². The predicted octanol–water partition coefficient (Wildman–Crippen LogP) is 1.47. The van der Waals surface area contributed by atoms with Gasteiger partial charge in [0.2, 0.25) is 0 Å². The minimum atomic E-state index is -4.65. The highest BCUT2D eigenvalue weighted by molar-refractivity contribution is 5.73. The summed E-state index contributed by atoms with van der Waals surface area (Å²) in [5.41, 5.74) is -1.34. The van der Waals surface area contributed by atoms with Crippen LogP contribution in [-0.2, 0) is 11.0 Å². The van der Waals surface area contributed by atoms with Crippen LogP contribution in [0.2, 0.25) is 0 Å². The second-order valence-electron chi connectivity index (χ2n) is 2.95. The van der Waals surface area contributed by atoms with E-state index in [-0.39, 0.29) is 5.56 Å². The highest BCUT2D eigenvalue weighted by Gasteiger charge is 2.33. The Kier molecular flexibility index (Phi) is 3.52. The van der Waals surface area contributed by atoms with Crippen molar-refractivity contribution in [1.82, 2.24) is 4.98 Å². The Bertz CT molecular complexity index is 479. The number of hydrogen-bond acceptors (Lipinski definition) is 4. The van der Waals surface area contributed by atoms with Crippen molar-refractivity contribution in [3.05, 3.63) is 23.4 Å². The number of aromatic nitrogens is 1. The third-order valence-corrected chi connectivity index (χ3v) is 1.71. The van der Waals surface area contributed by atoms with Gasteiger partial charge in [0.1, 0.15) is 24.1 Å². The van der Waals surface area contributed by atoms with E-state index in [1.165, 1.54) is 0 Å². The van der Waals surface area contributed by atoms with Gasteiger partial charge in [-0.25, -0.2) is 4.98 Å². The Hall–Kier alpha value is -2.30. The van der Waals surface area contributed by atoms with Gasteiger partial charge in [0, 0.05) is 0 Å². The van der Waals surface area contributed by atoms with Crippen LogP contribution in [0.4, 0.5) is 19.0 Å². The molecule has 0 aliphatic carbocycles. The first-order chi connectivity index (χ1) is 7.84. The number of nitriles is 1. The first kappa shape index (κ1) is 12.8. The number of nitrogens with one attached hydrogen (secondary N) is 1. The molecule has 0 saturated carbocycles. The third kappa shape index (κ3) is 3.34. The topological polar surface area (TPSA) is 86.0 Å². The Morgan fingerprint density at radius 1 is 1.53 bits per heavy atom. The predicted molar refractivity (Wildman–Crippen MR) is 50.1 cm³/mol. The summed E-state index contributed by atoms with van der Waals surface area (Å²) >= 11 is 0. The standard InChI is InChI=1S/C9H6F3N3O2/c10-9(11,12)6-2-1-5(3-13)8(15-6)14-4-7(16)17/h1-2H,4H2,(H,14,15)(H,16,17). The molecule has 0 aliphatic heterocycles. The molecule has 0 atom stereocenters. The van der Waals surface area contributed by atoms with Crippen molar-refractivity contribution in [2.45, 2.75) is 6.18 Å². The number of carboxylic acids is 1. The van der Waals surface area contributed by atoms with Crippen LogP contribution in [0.3, 0.4) is 0 Å². The average Bonchev–Trinajstić information content (AvgIpc) is 2.24. The second kappa shape index (κ2) is 4.69. The van der Waals surface area contributed by atoms with Crippen molar-refractivity contribution in [1.29, 1.82) is 5.26 Å². The molecule has 1 aromatic rings. The van der Waals surface area contributed by atoms with E-state index in [1.807, 2.05) is 0 Å². The van der Waals surface area contributed by atoms with Gasteiger partial charge < -0.3 is 10.4 Å². The Morgan fingerprint density at radius 3 is 2.65 bits per heavy atom. The number of carbonyl (C=O) groups is 1. The summed E-state index contributed by atoms with van der Waals surface area (Å²) < 4.78 is 36.9. The van der Waals surface area contributed by atoms with Crippen LogP contribution in [0, 0.1) is 11.3 Å². The molecule has 90 valence electrons. The minimum Gasteiger partial charge on any atom is -0.480 e. The Labute approximate surface area is 93.5 Å². The molecule has 1 rings (SSSR count). The molecular formula is C9H6F3N3O2. The van der Waals surface area contributed by atoms with Gasteiger partial charge in [0.05, 0.1) is 5.56 Å². The zero-order valence-electron chi connectivity index (χ0n) is 8.25. The van der Waals surface area contributed by atoms with E-state index >= 15 is 0 Å². The van der Waals surface area contributed by atoms with Crippen molar-refractivity contribution in [3.8, 4) is 6.07 Å². The number of alkyl halides is 3. The zero-order chi connectivity index (χ0) is 13.1. The number of carboxylic acid groups (broad SMARTS) is 1. The quantitative estimate of drug-likeness (QED) is 0.842. The van der Waals surface area contributed by atoms with Crippen molar-refractivity contribution in [2.24, 2.45) is 0 Å². The van der Waals surface area contributed by atoms with Gasteiger partial charge in [0.15, 0.2) is 0 Å². The molecule has 0 bridgehead atoms. The molecule has 8 heteroatoms. The van der Waals surface area contributed by atoms with Gasteiger partial charge in [-0.2, -0.15) is 18.4 Å². The molecule has 17 heavy (non-hydrogen) atoms. The number of pyridine rings is 1. The van der Waals surface area contributed by atoms with E-state index in [0.717, 1.165) is 6.07 Å². The number of hydrogen-bond donors (Lipinski definition) is 2. The van der Waals surface area contributed by atoms with Crippen molar-refractivity contribution < 1.29 is 23.1 Å². The molecule has 0 radical (unpaired) electrons. The van der Waals surface area contributed by atoms with Crippen molar-refractivity contribution >= 4 is 11.8 Å². The van der Waals surface area contributed by atoms with Crippen LogP contribution in [0.15, 0.2) is 12.1 Å². The first-order valence-electron chi connectivity index (χ1n) is 4.28. The van der Waals surface area contributed by atoms with Gasteiger partial charge in [-0.05, 0) is 12.1 Å². The van der Waals surface area contributed by atoms with E-state index in [2.05, 4.69) is 10.3 Å². The number of aliphatic carboxylic acids is 1. The van der Waals surface area contributed by atoms with E-state index < -0.39 is 30.2 Å². The fourth-order valence-corrected chi connectivity index (χ4v) is 1.00. The Morgan fingerprint density at radius 2 is 2.18 bits per heavy atom. The monoisotopic (exact) mass is 245 g/mol. The number of nitrogens with zero attached hydrogens (tertiary/aromatic N) is 2. The third-order valence-electron chi connectivity index (χ3n) is 1.71. The summed E-state index contributed by atoms with van der Waals surface area (Å²) in [4.78, 5) is 13.4. The van der Waals surface area contributed by atoms with Crippen LogP contribution in [-0.4, -0.2) is 22.6 Å². The van der Waals surface area contributed by atoms with Gasteiger partial charge in [-0.15, -0.1) is 0 Å². The maximum Gasteiger partial charge on any atom is 0.433 e. The molecule has 1 aromatic heterocycles. The maximum absolute atomic E-state index is 12.3. The minimum absolute atomic E-state index is 0.153. The molecule has 0 aliphatic rings. The molecule has 5 nitrogen and oxygen atoms in total. The van der Waals surface area contributed by atoms with Crippen LogP contribution >= 0.6 is 0 Å². The van der Waals surface area contributed by atoms with E-state index in [0.29, 0.717) is 6.07 Å². The lowest BCUT2D eigenvalue weighted by Crippen LogP contribution is -2.16. The summed E-state index contributed by atoms with van der Waals surface area (Å²) in [6, 6.07) is 3.20. The lowest BCUT2D eigenvalue weighted by atomic mass is 10.2. The lowest BCUT2D eigenvalue weighted by molar-refractivity contribution is -0.141. The lowest BCUT2D eigenvalue weighted by Gasteiger charge is -2.09. The van der Waals surface area contributed by atoms with Gasteiger partial charge in [-0.1, -0.05) is 0 Å². The molecule has 0 unspecified atom stereocenters. The second-order valence-corrected chi connectivity index (χ2v) is 2.95. The van der Waals surface area contributed by atoms with E-state index in [4.69, 9.17) is 10.4 Å². The average molecular weight is 245 g/mol. The molecule has 0 spiro atoms. The number of anilines is 1. The maximum atomic E-state index is 12.3. The van der Waals surface area contributed by atoms with Gasteiger partial charge in [0.25, 0.3) is 0 Å². The molecule has 0 saturated heterocycles. The number of halogens is 3. The summed E-state index contributed by atoms with van der Waals surface area (Å²) in [6.07, 6.45) is -4.65. The van der Waals surface area contributed by atoms with Crippen LogP contribution in [0.25, 0.3) is 0 Å². The summed E-state index contributed by atoms with van der Waals surface area (Å²) in [6.45, 7) is -0.622. The smallest absolute Gasteiger partial charge is 0.433 e. The van der Waals surface area contributed by atoms with E-state index in [1.54, 1.807) is 6.07 Å². The van der Waals surface area contributed by atoms with Gasteiger partial charge >= 0.3 is 12.1 Å². The summed E-state index contributed by atoms with van der Waals surface area (Å²) in [5.74, 6) is -1.67. The zero-order valence-corrected chi connectivity index (χ0v) is 8.25. The largest absolute Gasteiger partial charge is 0.480 e. The van der Waals surface area contributed by atoms with E-state index in [9.17, 15) is 18.0 Å². The molecule has 1 heterocycles. The SMILES string of the molecule is N#Cc1ccc(C(F)(F)F)nc1NCC(=O)O. The summed E-state index contributed by atoms with van der Waals surface area (Å²) in [7, 11) is 0. The van der Waals surface area contributed by atoms with Crippen LogP contribution in [0.1, 0.15) is 11.3 Å². The van der Waals surface area contributed by atoms with Crippen LogP contribution < -0.4 is 5.32 Å². The van der Waals surface area contributed by atoms with Crippen molar-refractivity contribution in [2.75, 3.05) is 11.9 Å². The summed E-state index contributed by atoms with van der Waals surface area (Å²) in [5, 5.41) is 19.1. The molecule has 0 fully saturated rings.